The number of ether oxygens (including phenoxy) is 1. The summed E-state index contributed by atoms with van der Waals surface area (Å²) < 4.78 is 5.91. The van der Waals surface area contributed by atoms with Gasteiger partial charge in [-0.05, 0) is 0 Å². The number of esters is 1. The molecule has 0 fully saturated rings. The second-order valence-electron chi connectivity index (χ2n) is 2.76. The fourth-order valence-corrected chi connectivity index (χ4v) is 0.896. The van der Waals surface area contributed by atoms with Crippen molar-refractivity contribution >= 4 is 11.9 Å². The van der Waals surface area contributed by atoms with Crippen LogP contribution >= 0.6 is 0 Å². The Labute approximate surface area is 86.4 Å². The maximum absolute atomic E-state index is 11.2. The molecule has 0 saturated heterocycles. The Hall–Kier alpha value is -1.92. The van der Waals surface area contributed by atoms with Crippen LogP contribution in [0, 0.1) is 0 Å². The van der Waals surface area contributed by atoms with Crippen LogP contribution in [0.4, 0.5) is 0 Å². The molecule has 0 saturated carbocycles. The number of carbonyl (C=O) groups excluding carboxylic acids is 2. The van der Waals surface area contributed by atoms with E-state index >= 15 is 0 Å². The smallest absolute Gasteiger partial charge is 0.325 e. The van der Waals surface area contributed by atoms with E-state index in [9.17, 15) is 9.59 Å². The zero-order valence-corrected chi connectivity index (χ0v) is 8.34. The van der Waals surface area contributed by atoms with Crippen LogP contribution in [0.25, 0.3) is 0 Å². The van der Waals surface area contributed by atoms with E-state index in [1.165, 1.54) is 24.4 Å². The summed E-state index contributed by atoms with van der Waals surface area (Å²) in [6, 6.07) is 0. The normalized spacial score (nSPS) is 9.67. The van der Waals surface area contributed by atoms with Crippen molar-refractivity contribution in [1.82, 2.24) is 20.1 Å². The van der Waals surface area contributed by atoms with Crippen molar-refractivity contribution in [2.24, 2.45) is 0 Å². The number of carbonyl (C=O) groups is 2. The molecule has 0 radical (unpaired) electrons. The van der Waals surface area contributed by atoms with Crippen molar-refractivity contribution in [2.45, 2.75) is 13.0 Å². The minimum absolute atomic E-state index is 0.104. The van der Waals surface area contributed by atoms with Gasteiger partial charge >= 0.3 is 5.97 Å². The Balaban J connectivity index is 2.16. The predicted molar refractivity (Wildman–Crippen MR) is 49.7 cm³/mol. The first-order valence-electron chi connectivity index (χ1n) is 4.38. The highest BCUT2D eigenvalue weighted by Crippen LogP contribution is 1.86. The van der Waals surface area contributed by atoms with E-state index in [2.05, 4.69) is 20.1 Å². The predicted octanol–water partition coefficient (Wildman–Crippen LogP) is -1.04. The van der Waals surface area contributed by atoms with Crippen LogP contribution in [0.5, 0.6) is 0 Å². The molecular weight excluding hydrogens is 200 g/mol. The number of methoxy groups -OCH3 is 1. The van der Waals surface area contributed by atoms with Crippen LogP contribution in [0.15, 0.2) is 12.7 Å². The summed E-state index contributed by atoms with van der Waals surface area (Å²) in [4.78, 5) is 25.6. The molecule has 82 valence electrons. The van der Waals surface area contributed by atoms with E-state index in [1.807, 2.05) is 0 Å². The molecule has 15 heavy (non-hydrogen) atoms. The largest absolute Gasteiger partial charge is 0.468 e. The molecule has 7 heteroatoms. The van der Waals surface area contributed by atoms with Gasteiger partial charge in [-0.1, -0.05) is 0 Å². The molecule has 1 rings (SSSR count). The maximum atomic E-state index is 11.2. The summed E-state index contributed by atoms with van der Waals surface area (Å²) in [5.41, 5.74) is 0. The summed E-state index contributed by atoms with van der Waals surface area (Å²) in [6.45, 7) is 0.333. The molecule has 0 spiro atoms. The number of aromatic nitrogens is 3. The third-order valence-electron chi connectivity index (χ3n) is 1.69. The van der Waals surface area contributed by atoms with Crippen LogP contribution in [0.3, 0.4) is 0 Å². The van der Waals surface area contributed by atoms with Gasteiger partial charge in [-0.3, -0.25) is 14.3 Å². The van der Waals surface area contributed by atoms with Gasteiger partial charge in [0.1, 0.15) is 19.2 Å². The summed E-state index contributed by atoms with van der Waals surface area (Å²) >= 11 is 0. The molecule has 0 aliphatic carbocycles. The Morgan fingerprint density at radius 2 is 2.33 bits per heavy atom. The van der Waals surface area contributed by atoms with Crippen LogP contribution in [0.1, 0.15) is 6.42 Å². The fraction of sp³-hybridized carbons (Fsp3) is 0.500. The van der Waals surface area contributed by atoms with Crippen molar-refractivity contribution in [3.63, 3.8) is 0 Å². The maximum Gasteiger partial charge on any atom is 0.325 e. The van der Waals surface area contributed by atoms with Crippen LogP contribution in [0.2, 0.25) is 0 Å². The zero-order chi connectivity index (χ0) is 11.1. The van der Waals surface area contributed by atoms with Gasteiger partial charge < -0.3 is 10.1 Å². The molecule has 1 amide bonds. The summed E-state index contributed by atoms with van der Waals surface area (Å²) in [5, 5.41) is 6.25. The van der Waals surface area contributed by atoms with Crippen molar-refractivity contribution in [3.05, 3.63) is 12.7 Å². The van der Waals surface area contributed by atoms with Crippen LogP contribution in [-0.4, -0.2) is 40.3 Å². The van der Waals surface area contributed by atoms with E-state index in [-0.39, 0.29) is 18.9 Å². The highest BCUT2D eigenvalue weighted by Gasteiger charge is 2.05. The quantitative estimate of drug-likeness (QED) is 0.630. The summed E-state index contributed by atoms with van der Waals surface area (Å²) in [5.74, 6) is -0.694. The van der Waals surface area contributed by atoms with E-state index < -0.39 is 5.97 Å². The number of rotatable bonds is 5. The number of nitrogens with one attached hydrogen (secondary N) is 1. The third-order valence-corrected chi connectivity index (χ3v) is 1.69. The van der Waals surface area contributed by atoms with Gasteiger partial charge in [0.05, 0.1) is 13.7 Å². The molecular formula is C8H12N4O3. The molecule has 0 aliphatic heterocycles. The molecule has 1 N–H and O–H groups in total. The fourth-order valence-electron chi connectivity index (χ4n) is 0.896. The second-order valence-corrected chi connectivity index (χ2v) is 2.76. The van der Waals surface area contributed by atoms with Gasteiger partial charge in [0.15, 0.2) is 0 Å². The summed E-state index contributed by atoms with van der Waals surface area (Å²) in [7, 11) is 1.27. The van der Waals surface area contributed by atoms with Crippen LogP contribution in [-0.2, 0) is 20.9 Å². The standard InChI is InChI=1S/C8H12N4O3/c1-15-8(14)4-10-7(13)2-3-12-6-9-5-11-12/h5-6H,2-4H2,1H3,(H,10,13). The lowest BCUT2D eigenvalue weighted by molar-refractivity contribution is -0.141. The van der Waals surface area contributed by atoms with Crippen LogP contribution < -0.4 is 5.32 Å². The highest BCUT2D eigenvalue weighted by atomic mass is 16.5. The molecule has 0 atom stereocenters. The van der Waals surface area contributed by atoms with E-state index in [4.69, 9.17) is 0 Å². The molecule has 1 heterocycles. The van der Waals surface area contributed by atoms with Crippen molar-refractivity contribution in [2.75, 3.05) is 13.7 Å². The molecule has 0 aromatic carbocycles. The number of amides is 1. The lowest BCUT2D eigenvalue weighted by Crippen LogP contribution is -2.30. The lowest BCUT2D eigenvalue weighted by Gasteiger charge is -2.03. The number of nitrogens with zero attached hydrogens (tertiary/aromatic N) is 3. The van der Waals surface area contributed by atoms with Gasteiger partial charge in [-0.2, -0.15) is 5.10 Å². The van der Waals surface area contributed by atoms with Gasteiger partial charge in [0.25, 0.3) is 0 Å². The third kappa shape index (κ3) is 4.21. The topological polar surface area (TPSA) is 86.1 Å². The molecule has 0 aliphatic rings. The first kappa shape index (κ1) is 11.2. The molecule has 7 nitrogen and oxygen atoms in total. The van der Waals surface area contributed by atoms with Gasteiger partial charge in [-0.15, -0.1) is 0 Å². The van der Waals surface area contributed by atoms with Gasteiger partial charge in [0, 0.05) is 6.42 Å². The lowest BCUT2D eigenvalue weighted by atomic mass is 10.4. The first-order chi connectivity index (χ1) is 7.22. The van der Waals surface area contributed by atoms with E-state index in [0.717, 1.165) is 0 Å². The van der Waals surface area contributed by atoms with E-state index in [1.54, 1.807) is 0 Å². The minimum atomic E-state index is -0.468. The van der Waals surface area contributed by atoms with Crippen molar-refractivity contribution < 1.29 is 14.3 Å². The number of aryl methyl sites for hydroxylation is 1. The first-order valence-corrected chi connectivity index (χ1v) is 4.38. The van der Waals surface area contributed by atoms with Gasteiger partial charge in [0.2, 0.25) is 5.91 Å². The second kappa shape index (κ2) is 5.74. The zero-order valence-electron chi connectivity index (χ0n) is 8.34. The highest BCUT2D eigenvalue weighted by molar-refractivity contribution is 5.81. The number of hydrogen-bond acceptors (Lipinski definition) is 5. The SMILES string of the molecule is COC(=O)CNC(=O)CCn1cncn1. The Kier molecular flexibility index (Phi) is 4.27. The van der Waals surface area contributed by atoms with Crippen molar-refractivity contribution in [1.29, 1.82) is 0 Å². The Morgan fingerprint density at radius 1 is 1.53 bits per heavy atom. The Morgan fingerprint density at radius 3 is 2.93 bits per heavy atom. The van der Waals surface area contributed by atoms with Crippen molar-refractivity contribution in [3.8, 4) is 0 Å². The molecule has 1 aromatic heterocycles. The monoisotopic (exact) mass is 212 g/mol. The molecule has 1 aromatic rings. The molecule has 0 bridgehead atoms. The van der Waals surface area contributed by atoms with Gasteiger partial charge in [-0.25, -0.2) is 4.98 Å². The van der Waals surface area contributed by atoms with E-state index in [0.29, 0.717) is 6.54 Å². The minimum Gasteiger partial charge on any atom is -0.468 e. The average Bonchev–Trinajstić information content (AvgIpc) is 2.75. The Bertz CT molecular complexity index is 323. The molecule has 0 unspecified atom stereocenters. The number of hydrogen-bond donors (Lipinski definition) is 1. The average molecular weight is 212 g/mol. The summed E-state index contributed by atoms with van der Waals surface area (Å²) in [6.07, 6.45) is 3.17.